The van der Waals surface area contributed by atoms with Crippen molar-refractivity contribution in [2.24, 2.45) is 0 Å². The number of amides is 1. The number of carbonyl (C=O) groups excluding carboxylic acids is 2. The second kappa shape index (κ2) is 9.14. The second-order valence-electron chi connectivity index (χ2n) is 7.47. The van der Waals surface area contributed by atoms with Crippen molar-refractivity contribution in [2.75, 3.05) is 26.2 Å². The van der Waals surface area contributed by atoms with Gasteiger partial charge in [0.2, 0.25) is 5.78 Å². The molecule has 0 aliphatic carbocycles. The summed E-state index contributed by atoms with van der Waals surface area (Å²) in [6.07, 6.45) is 0.733. The Balaban J connectivity index is 1.95. The van der Waals surface area contributed by atoms with Crippen molar-refractivity contribution in [3.8, 4) is 0 Å². The van der Waals surface area contributed by atoms with E-state index in [1.165, 1.54) is 11.3 Å². The summed E-state index contributed by atoms with van der Waals surface area (Å²) in [5.41, 5.74) is 0.675. The second-order valence-corrected chi connectivity index (χ2v) is 8.67. The van der Waals surface area contributed by atoms with Gasteiger partial charge in [0.05, 0.1) is 21.2 Å². The van der Waals surface area contributed by atoms with E-state index >= 15 is 0 Å². The normalized spacial score (nSPS) is 16.9. The van der Waals surface area contributed by atoms with E-state index in [9.17, 15) is 14.7 Å². The Labute approximate surface area is 181 Å². The van der Waals surface area contributed by atoms with E-state index in [1.54, 1.807) is 24.0 Å². The van der Waals surface area contributed by atoms with E-state index in [0.717, 1.165) is 31.1 Å². The monoisotopic (exact) mass is 431 g/mol. The molecule has 0 radical (unpaired) electrons. The smallest absolute Gasteiger partial charge is 0.290 e. The summed E-state index contributed by atoms with van der Waals surface area (Å²) in [5, 5.41) is 11.5. The van der Waals surface area contributed by atoms with E-state index in [4.69, 9.17) is 4.42 Å². The number of nitrogens with zero attached hydrogens (tertiary/aromatic N) is 3. The van der Waals surface area contributed by atoms with Crippen LogP contribution in [0.15, 0.2) is 27.9 Å². The van der Waals surface area contributed by atoms with E-state index < -0.39 is 17.7 Å². The summed E-state index contributed by atoms with van der Waals surface area (Å²) in [6, 6.07) is 2.83. The molecule has 1 amide bonds. The lowest BCUT2D eigenvalue weighted by molar-refractivity contribution is -0.129. The lowest BCUT2D eigenvalue weighted by Gasteiger charge is -2.26. The summed E-state index contributed by atoms with van der Waals surface area (Å²) < 4.78 is 5.80. The Morgan fingerprint density at radius 1 is 1.27 bits per heavy atom. The van der Waals surface area contributed by atoms with Crippen LogP contribution in [0.5, 0.6) is 0 Å². The number of hydrogen-bond donors (Lipinski definition) is 1. The molecular formula is C22H29N3O4S. The van der Waals surface area contributed by atoms with Crippen LogP contribution < -0.4 is 0 Å². The van der Waals surface area contributed by atoms with Gasteiger partial charge < -0.3 is 19.3 Å². The Morgan fingerprint density at radius 2 is 1.97 bits per heavy atom. The van der Waals surface area contributed by atoms with Crippen molar-refractivity contribution in [3.05, 3.63) is 50.6 Å². The molecule has 1 aliphatic heterocycles. The Kier molecular flexibility index (Phi) is 6.77. The Bertz CT molecular complexity index is 971. The van der Waals surface area contributed by atoms with Crippen LogP contribution >= 0.6 is 11.3 Å². The van der Waals surface area contributed by atoms with Gasteiger partial charge in [-0.05, 0) is 59.0 Å². The minimum atomic E-state index is -0.739. The average Bonchev–Trinajstić information content (AvgIpc) is 3.36. The standard InChI is InChI=1S/C22H29N3O4S/c1-6-24(7-2)11-8-12-25-18(16-10-9-13(3)29-16)17(20(27)22(25)28)19(26)21-14(4)23-15(5)30-21/h9-10,18,27H,6-8,11-12H2,1-5H3/t18-/m1/s1. The van der Waals surface area contributed by atoms with Crippen LogP contribution in [0.3, 0.4) is 0 Å². The largest absolute Gasteiger partial charge is 0.503 e. The third-order valence-corrected chi connectivity index (χ3v) is 6.53. The lowest BCUT2D eigenvalue weighted by Crippen LogP contribution is -2.34. The zero-order chi connectivity index (χ0) is 22.0. The summed E-state index contributed by atoms with van der Waals surface area (Å²) in [6.45, 7) is 12.7. The number of aromatic nitrogens is 1. The van der Waals surface area contributed by atoms with Crippen molar-refractivity contribution in [1.29, 1.82) is 0 Å². The average molecular weight is 432 g/mol. The minimum absolute atomic E-state index is 0.0731. The number of carbonyl (C=O) groups is 2. The number of aliphatic hydroxyl groups is 1. The molecule has 3 rings (SSSR count). The molecule has 8 heteroatoms. The highest BCUT2D eigenvalue weighted by atomic mass is 32.1. The van der Waals surface area contributed by atoms with Gasteiger partial charge in [0.1, 0.15) is 17.6 Å². The molecule has 1 N–H and O–H groups in total. The molecule has 1 aliphatic rings. The molecule has 2 aromatic rings. The van der Waals surface area contributed by atoms with Crippen LogP contribution in [-0.4, -0.2) is 57.8 Å². The molecule has 1 atom stereocenters. The van der Waals surface area contributed by atoms with Gasteiger partial charge in [-0.15, -0.1) is 11.3 Å². The number of thiazole rings is 1. The van der Waals surface area contributed by atoms with Gasteiger partial charge in [-0.3, -0.25) is 9.59 Å². The van der Waals surface area contributed by atoms with Gasteiger partial charge in [0.25, 0.3) is 5.91 Å². The molecule has 0 unspecified atom stereocenters. The first-order valence-corrected chi connectivity index (χ1v) is 11.1. The van der Waals surface area contributed by atoms with Gasteiger partial charge in [0.15, 0.2) is 5.76 Å². The van der Waals surface area contributed by atoms with Crippen LogP contribution in [0, 0.1) is 20.8 Å². The van der Waals surface area contributed by atoms with Crippen LogP contribution in [0.4, 0.5) is 0 Å². The van der Waals surface area contributed by atoms with Crippen molar-refractivity contribution in [3.63, 3.8) is 0 Å². The topological polar surface area (TPSA) is 86.9 Å². The molecule has 0 aromatic carbocycles. The predicted octanol–water partition coefficient (Wildman–Crippen LogP) is 3.97. The number of aliphatic hydroxyl groups excluding tert-OH is 1. The Morgan fingerprint density at radius 3 is 2.50 bits per heavy atom. The van der Waals surface area contributed by atoms with Gasteiger partial charge in [-0.2, -0.15) is 0 Å². The molecule has 162 valence electrons. The molecule has 0 bridgehead atoms. The summed E-state index contributed by atoms with van der Waals surface area (Å²) in [4.78, 5) is 34.9. The molecule has 3 heterocycles. The molecule has 0 spiro atoms. The number of Topliss-reactive ketones (excluding diaryl/α,β-unsaturated/α-hetero) is 1. The molecule has 30 heavy (non-hydrogen) atoms. The maximum atomic E-state index is 13.4. The van der Waals surface area contributed by atoms with Crippen LogP contribution in [0.1, 0.15) is 58.2 Å². The van der Waals surface area contributed by atoms with Crippen LogP contribution in [0.25, 0.3) is 0 Å². The predicted molar refractivity (Wildman–Crippen MR) is 116 cm³/mol. The van der Waals surface area contributed by atoms with E-state index in [1.807, 2.05) is 13.8 Å². The first-order valence-electron chi connectivity index (χ1n) is 10.3. The Hall–Kier alpha value is -2.45. The van der Waals surface area contributed by atoms with Gasteiger partial charge in [-0.1, -0.05) is 13.8 Å². The summed E-state index contributed by atoms with van der Waals surface area (Å²) in [5.74, 6) is -0.226. The number of ketones is 1. The summed E-state index contributed by atoms with van der Waals surface area (Å²) >= 11 is 1.27. The summed E-state index contributed by atoms with van der Waals surface area (Å²) in [7, 11) is 0. The number of rotatable bonds is 9. The fraction of sp³-hybridized carbons (Fsp3) is 0.500. The van der Waals surface area contributed by atoms with Gasteiger partial charge in [-0.25, -0.2) is 4.98 Å². The van der Waals surface area contributed by atoms with Crippen LogP contribution in [0.2, 0.25) is 0 Å². The first kappa shape index (κ1) is 22.2. The number of aryl methyl sites for hydroxylation is 3. The van der Waals surface area contributed by atoms with Crippen molar-refractivity contribution in [1.82, 2.24) is 14.8 Å². The zero-order valence-corrected chi connectivity index (χ0v) is 19.0. The molecule has 0 saturated carbocycles. The fourth-order valence-corrected chi connectivity index (χ4v) is 4.76. The third kappa shape index (κ3) is 4.20. The van der Waals surface area contributed by atoms with E-state index in [2.05, 4.69) is 23.7 Å². The fourth-order valence-electron chi connectivity index (χ4n) is 3.88. The lowest BCUT2D eigenvalue weighted by atomic mass is 9.99. The molecule has 7 nitrogen and oxygen atoms in total. The SMILES string of the molecule is CCN(CC)CCCN1C(=O)C(O)=C(C(=O)c2sc(C)nc2C)[C@H]1c1ccc(C)o1. The van der Waals surface area contributed by atoms with Gasteiger partial charge >= 0.3 is 0 Å². The quantitative estimate of drug-likeness (QED) is 0.605. The third-order valence-electron chi connectivity index (χ3n) is 5.46. The first-order chi connectivity index (χ1) is 14.3. The highest BCUT2D eigenvalue weighted by Crippen LogP contribution is 2.40. The van der Waals surface area contributed by atoms with Crippen molar-refractivity contribution < 1.29 is 19.1 Å². The van der Waals surface area contributed by atoms with Crippen molar-refractivity contribution in [2.45, 2.75) is 47.1 Å². The maximum absolute atomic E-state index is 13.4. The highest BCUT2D eigenvalue weighted by molar-refractivity contribution is 7.14. The molecule has 0 saturated heterocycles. The van der Waals surface area contributed by atoms with E-state index in [-0.39, 0.29) is 11.4 Å². The minimum Gasteiger partial charge on any atom is -0.503 e. The maximum Gasteiger partial charge on any atom is 0.290 e. The zero-order valence-electron chi connectivity index (χ0n) is 18.2. The molecule has 0 fully saturated rings. The molecular weight excluding hydrogens is 402 g/mol. The molecule has 2 aromatic heterocycles. The van der Waals surface area contributed by atoms with E-state index in [0.29, 0.717) is 28.6 Å². The van der Waals surface area contributed by atoms with Gasteiger partial charge in [0, 0.05) is 6.54 Å². The van der Waals surface area contributed by atoms with Crippen LogP contribution in [-0.2, 0) is 4.79 Å². The van der Waals surface area contributed by atoms with Crippen molar-refractivity contribution >= 4 is 23.0 Å². The highest BCUT2D eigenvalue weighted by Gasteiger charge is 2.45. The number of hydrogen-bond acceptors (Lipinski definition) is 7. The number of furan rings is 1.